The molecule has 3 unspecified atom stereocenters. The highest BCUT2D eigenvalue weighted by Gasteiger charge is 2.76. The number of benzene rings is 1. The zero-order valence-corrected chi connectivity index (χ0v) is 20.8. The number of aliphatic hydroxyl groups excluding tert-OH is 1. The molecule has 2 N–H and O–H groups in total. The van der Waals surface area contributed by atoms with Crippen molar-refractivity contribution < 1.29 is 24.5 Å². The van der Waals surface area contributed by atoms with Crippen molar-refractivity contribution in [2.75, 3.05) is 6.61 Å². The lowest BCUT2D eigenvalue weighted by atomic mass is 9.44. The number of rotatable bonds is 3. The Kier molecular flexibility index (Phi) is 5.96. The van der Waals surface area contributed by atoms with Crippen LogP contribution in [-0.2, 0) is 9.53 Å². The maximum Gasteiger partial charge on any atom is 0.335 e. The standard InChI is InChI=1S/C22H34O3.C7H6O2/c1-13(12-23)15-4-5-16-14-6-11-22-19(25-22)18(24)8-10-21(22,3)17(14)7-9-20(15,16)2;8-7(9)6-4-2-1-3-5-6/h13-17,19,23H,4-12H2,1-3H3;1-5H,(H,8,9)/t13?,14-,15+,16-,17-,19?,20+,21+,22?;/m0./s1. The van der Waals surface area contributed by atoms with Gasteiger partial charge in [0.1, 0.15) is 11.7 Å². The van der Waals surface area contributed by atoms with Gasteiger partial charge in [0.2, 0.25) is 0 Å². The van der Waals surface area contributed by atoms with E-state index in [4.69, 9.17) is 9.84 Å². The van der Waals surface area contributed by atoms with Gasteiger partial charge in [0.25, 0.3) is 0 Å². The Bertz CT molecular complexity index is 945. The lowest BCUT2D eigenvalue weighted by Crippen LogP contribution is -2.58. The summed E-state index contributed by atoms with van der Waals surface area (Å²) in [5, 5.41) is 18.1. The van der Waals surface area contributed by atoms with Gasteiger partial charge in [-0.3, -0.25) is 4.79 Å². The molecule has 9 atom stereocenters. The number of epoxide rings is 1. The van der Waals surface area contributed by atoms with E-state index in [0.29, 0.717) is 35.2 Å². The molecule has 0 bridgehead atoms. The monoisotopic (exact) mass is 468 g/mol. The van der Waals surface area contributed by atoms with E-state index in [9.17, 15) is 14.7 Å². The molecule has 1 saturated heterocycles. The number of Topliss-reactive ketones (excluding diaryl/α,β-unsaturated/α-hetero) is 1. The molecule has 186 valence electrons. The average Bonchev–Trinajstić information content (AvgIpc) is 3.49. The zero-order chi connectivity index (χ0) is 24.3. The van der Waals surface area contributed by atoms with Crippen molar-refractivity contribution in [2.45, 2.75) is 83.8 Å². The first-order chi connectivity index (χ1) is 16.2. The zero-order valence-electron chi connectivity index (χ0n) is 20.8. The molecule has 5 aliphatic rings. The second-order valence-corrected chi connectivity index (χ2v) is 12.2. The number of ketones is 1. The Labute approximate surface area is 203 Å². The van der Waals surface area contributed by atoms with Gasteiger partial charge < -0.3 is 14.9 Å². The minimum absolute atomic E-state index is 0.0637. The molecule has 5 nitrogen and oxygen atoms in total. The van der Waals surface area contributed by atoms with Crippen LogP contribution in [-0.4, -0.2) is 40.3 Å². The summed E-state index contributed by atoms with van der Waals surface area (Å²) in [4.78, 5) is 22.4. The number of hydrogen-bond acceptors (Lipinski definition) is 4. The molecule has 1 heterocycles. The number of carbonyl (C=O) groups excluding carboxylic acids is 1. The Morgan fingerprint density at radius 3 is 2.44 bits per heavy atom. The van der Waals surface area contributed by atoms with Gasteiger partial charge in [-0.25, -0.2) is 4.79 Å². The first-order valence-electron chi connectivity index (χ1n) is 13.3. The van der Waals surface area contributed by atoms with Gasteiger partial charge in [0.05, 0.1) is 5.56 Å². The highest BCUT2D eigenvalue weighted by Crippen LogP contribution is 2.73. The molecule has 1 aliphatic heterocycles. The van der Waals surface area contributed by atoms with Crippen LogP contribution in [0.25, 0.3) is 0 Å². The van der Waals surface area contributed by atoms with Crippen molar-refractivity contribution >= 4 is 11.8 Å². The number of hydrogen-bond donors (Lipinski definition) is 2. The third kappa shape index (κ3) is 3.41. The Morgan fingerprint density at radius 2 is 1.79 bits per heavy atom. The number of ether oxygens (including phenoxy) is 1. The summed E-state index contributed by atoms with van der Waals surface area (Å²) < 4.78 is 6.16. The van der Waals surface area contributed by atoms with Crippen molar-refractivity contribution in [2.24, 2.45) is 40.4 Å². The highest BCUT2D eigenvalue weighted by atomic mass is 16.6. The lowest BCUT2D eigenvalue weighted by Gasteiger charge is -2.59. The van der Waals surface area contributed by atoms with Crippen LogP contribution in [0.5, 0.6) is 0 Å². The summed E-state index contributed by atoms with van der Waals surface area (Å²) in [6, 6.07) is 8.30. The van der Waals surface area contributed by atoms with Crippen molar-refractivity contribution in [1.29, 1.82) is 0 Å². The van der Waals surface area contributed by atoms with Crippen LogP contribution in [0.2, 0.25) is 0 Å². The molecular formula is C29H40O5. The molecule has 5 heteroatoms. The Balaban J connectivity index is 0.000000227. The van der Waals surface area contributed by atoms with Gasteiger partial charge in [0, 0.05) is 18.4 Å². The van der Waals surface area contributed by atoms with Crippen LogP contribution in [0.3, 0.4) is 0 Å². The van der Waals surface area contributed by atoms with Crippen LogP contribution in [0, 0.1) is 40.4 Å². The molecule has 34 heavy (non-hydrogen) atoms. The van der Waals surface area contributed by atoms with E-state index in [1.807, 2.05) is 0 Å². The summed E-state index contributed by atoms with van der Waals surface area (Å²) in [6.07, 6.45) is 9.32. The maximum atomic E-state index is 12.2. The number of aromatic carboxylic acids is 1. The summed E-state index contributed by atoms with van der Waals surface area (Å²) in [7, 11) is 0. The van der Waals surface area contributed by atoms with E-state index < -0.39 is 5.97 Å². The third-order valence-corrected chi connectivity index (χ3v) is 11.0. The molecule has 1 aromatic rings. The summed E-state index contributed by atoms with van der Waals surface area (Å²) in [5.74, 6) is 2.97. The average molecular weight is 469 g/mol. The van der Waals surface area contributed by atoms with Crippen LogP contribution in [0.4, 0.5) is 0 Å². The topological polar surface area (TPSA) is 87.1 Å². The first-order valence-corrected chi connectivity index (χ1v) is 13.3. The van der Waals surface area contributed by atoms with Gasteiger partial charge >= 0.3 is 5.97 Å². The van der Waals surface area contributed by atoms with Gasteiger partial charge in [-0.1, -0.05) is 39.0 Å². The van der Waals surface area contributed by atoms with E-state index >= 15 is 0 Å². The molecule has 0 aromatic heterocycles. The van der Waals surface area contributed by atoms with Crippen LogP contribution in [0.1, 0.15) is 82.5 Å². The minimum Gasteiger partial charge on any atom is -0.478 e. The molecule has 1 aromatic carbocycles. The Morgan fingerprint density at radius 1 is 1.06 bits per heavy atom. The largest absolute Gasteiger partial charge is 0.478 e. The predicted molar refractivity (Wildman–Crippen MR) is 129 cm³/mol. The van der Waals surface area contributed by atoms with E-state index in [-0.39, 0.29) is 17.1 Å². The minimum atomic E-state index is -0.879. The van der Waals surface area contributed by atoms with Gasteiger partial charge in [0.15, 0.2) is 5.78 Å². The van der Waals surface area contributed by atoms with Crippen molar-refractivity contribution in [3.63, 3.8) is 0 Å². The normalized spacial score (nSPS) is 44.9. The SMILES string of the molecule is CC(CO)[C@H]1CC[C@H]2[C@@H]3CCC45OC4C(=O)CC[C@]5(C)[C@H]3CC[C@]12C.O=C(O)c1ccccc1. The number of fused-ring (bicyclic) bond motifs is 4. The maximum absolute atomic E-state index is 12.2. The fourth-order valence-corrected chi connectivity index (χ4v) is 9.18. The second-order valence-electron chi connectivity index (χ2n) is 12.2. The number of carboxylic acid groups (broad SMARTS) is 1. The third-order valence-electron chi connectivity index (χ3n) is 11.0. The van der Waals surface area contributed by atoms with E-state index in [0.717, 1.165) is 37.0 Å². The van der Waals surface area contributed by atoms with Crippen molar-refractivity contribution in [3.8, 4) is 0 Å². The highest BCUT2D eigenvalue weighted by molar-refractivity contribution is 5.88. The number of carboxylic acids is 1. The molecule has 5 fully saturated rings. The summed E-state index contributed by atoms with van der Waals surface area (Å²) >= 11 is 0. The quantitative estimate of drug-likeness (QED) is 0.583. The van der Waals surface area contributed by atoms with Crippen molar-refractivity contribution in [1.82, 2.24) is 0 Å². The van der Waals surface area contributed by atoms with E-state index in [2.05, 4.69) is 20.8 Å². The van der Waals surface area contributed by atoms with Crippen molar-refractivity contribution in [3.05, 3.63) is 35.9 Å². The van der Waals surface area contributed by atoms with Crippen LogP contribution >= 0.6 is 0 Å². The molecule has 4 aliphatic carbocycles. The molecule has 4 saturated carbocycles. The van der Waals surface area contributed by atoms with E-state index in [1.165, 1.54) is 32.1 Å². The lowest BCUT2D eigenvalue weighted by molar-refractivity contribution is -0.132. The Hall–Kier alpha value is -1.72. The fourth-order valence-electron chi connectivity index (χ4n) is 9.18. The predicted octanol–water partition coefficient (Wildman–Crippen LogP) is 5.36. The first kappa shape index (κ1) is 24.0. The fraction of sp³-hybridized carbons (Fsp3) is 0.724. The van der Waals surface area contributed by atoms with Crippen LogP contribution in [0.15, 0.2) is 30.3 Å². The summed E-state index contributed by atoms with van der Waals surface area (Å²) in [5.41, 5.74) is 0.875. The van der Waals surface area contributed by atoms with Gasteiger partial charge in [-0.05, 0) is 92.1 Å². The summed E-state index contributed by atoms with van der Waals surface area (Å²) in [6.45, 7) is 7.57. The smallest absolute Gasteiger partial charge is 0.335 e. The van der Waals surface area contributed by atoms with Crippen LogP contribution < -0.4 is 0 Å². The van der Waals surface area contributed by atoms with Gasteiger partial charge in [-0.15, -0.1) is 0 Å². The molecule has 1 spiro atoms. The van der Waals surface area contributed by atoms with Gasteiger partial charge in [-0.2, -0.15) is 0 Å². The second kappa shape index (κ2) is 8.44. The number of aliphatic hydroxyl groups is 1. The molecule has 6 rings (SSSR count). The van der Waals surface area contributed by atoms with E-state index in [1.54, 1.807) is 30.3 Å². The molecular weight excluding hydrogens is 428 g/mol. The number of carbonyl (C=O) groups is 2. The molecule has 0 radical (unpaired) electrons. The molecule has 0 amide bonds.